The van der Waals surface area contributed by atoms with Crippen molar-refractivity contribution in [2.75, 3.05) is 0 Å². The first-order chi connectivity index (χ1) is 7.43. The number of rotatable bonds is 1. The van der Waals surface area contributed by atoms with E-state index in [2.05, 4.69) is 5.32 Å². The van der Waals surface area contributed by atoms with Crippen molar-refractivity contribution in [3.05, 3.63) is 0 Å². The molecule has 0 bridgehead atoms. The zero-order valence-corrected chi connectivity index (χ0v) is 8.83. The molecule has 2 aliphatic rings. The fourth-order valence-electron chi connectivity index (χ4n) is 2.66. The van der Waals surface area contributed by atoms with Crippen molar-refractivity contribution in [3.8, 4) is 0 Å². The van der Waals surface area contributed by atoms with Crippen LogP contribution < -0.4 is 5.32 Å². The number of amides is 1. The van der Waals surface area contributed by atoms with Crippen LogP contribution in [0.1, 0.15) is 13.3 Å². The molecule has 1 saturated carbocycles. The summed E-state index contributed by atoms with van der Waals surface area (Å²) in [5.74, 6) is -2.50. The number of Topliss-reactive ketones (excluding diaryl/α,β-unsaturated/α-hetero) is 1. The predicted molar refractivity (Wildman–Crippen MR) is 52.2 cm³/mol. The molecule has 1 amide bonds. The Morgan fingerprint density at radius 3 is 2.56 bits per heavy atom. The third-order valence-corrected chi connectivity index (χ3v) is 3.46. The number of hydrogen-bond acceptors (Lipinski definition) is 5. The molecule has 0 aromatic carbocycles. The van der Waals surface area contributed by atoms with E-state index in [4.69, 9.17) is 0 Å². The van der Waals surface area contributed by atoms with E-state index in [9.17, 15) is 24.9 Å². The molecule has 1 heterocycles. The highest BCUT2D eigenvalue weighted by Crippen LogP contribution is 2.36. The van der Waals surface area contributed by atoms with E-state index in [1.165, 1.54) is 6.92 Å². The quantitative estimate of drug-likeness (QED) is 0.381. The van der Waals surface area contributed by atoms with Gasteiger partial charge in [-0.05, 0) is 6.92 Å². The smallest absolute Gasteiger partial charge is 0.231 e. The molecule has 6 heteroatoms. The fraction of sp³-hybridized carbons (Fsp3) is 0.800. The van der Waals surface area contributed by atoms with Crippen molar-refractivity contribution in [2.45, 2.75) is 37.7 Å². The van der Waals surface area contributed by atoms with Crippen LogP contribution in [-0.2, 0) is 9.59 Å². The summed E-state index contributed by atoms with van der Waals surface area (Å²) in [6, 6.07) is -0.675. The van der Waals surface area contributed by atoms with Crippen molar-refractivity contribution in [3.63, 3.8) is 0 Å². The van der Waals surface area contributed by atoms with Gasteiger partial charge < -0.3 is 20.6 Å². The van der Waals surface area contributed by atoms with Crippen molar-refractivity contribution in [2.24, 2.45) is 11.8 Å². The van der Waals surface area contributed by atoms with Crippen LogP contribution in [0.4, 0.5) is 0 Å². The summed E-state index contributed by atoms with van der Waals surface area (Å²) in [5, 5.41) is 31.3. The van der Waals surface area contributed by atoms with Gasteiger partial charge in [0.2, 0.25) is 5.91 Å². The minimum absolute atomic E-state index is 0.206. The molecule has 0 aromatic heterocycles. The lowest BCUT2D eigenvalue weighted by atomic mass is 9.73. The number of aliphatic hydroxyl groups excluding tert-OH is 3. The third-order valence-electron chi connectivity index (χ3n) is 3.46. The summed E-state index contributed by atoms with van der Waals surface area (Å²) >= 11 is 0. The predicted octanol–water partition coefficient (Wildman–Crippen LogP) is -2.21. The summed E-state index contributed by atoms with van der Waals surface area (Å²) in [6.07, 6.45) is -3.38. The molecular weight excluding hydrogens is 214 g/mol. The molecule has 6 nitrogen and oxygen atoms in total. The number of hydrogen-bond donors (Lipinski definition) is 4. The Morgan fingerprint density at radius 2 is 2.00 bits per heavy atom. The maximum Gasteiger partial charge on any atom is 0.231 e. The first-order valence-electron chi connectivity index (χ1n) is 5.30. The molecule has 2 fully saturated rings. The van der Waals surface area contributed by atoms with Gasteiger partial charge in [0, 0.05) is 12.3 Å². The number of ketones is 1. The molecule has 0 spiro atoms. The second-order valence-corrected chi connectivity index (χ2v) is 4.56. The van der Waals surface area contributed by atoms with Gasteiger partial charge in [0.1, 0.15) is 11.7 Å². The molecule has 0 radical (unpaired) electrons. The van der Waals surface area contributed by atoms with Crippen LogP contribution in [0.3, 0.4) is 0 Å². The van der Waals surface area contributed by atoms with Crippen LogP contribution in [-0.4, -0.2) is 51.4 Å². The van der Waals surface area contributed by atoms with Gasteiger partial charge in [-0.15, -0.1) is 0 Å². The molecule has 16 heavy (non-hydrogen) atoms. The van der Waals surface area contributed by atoms with Gasteiger partial charge in [0.15, 0.2) is 0 Å². The molecule has 1 aliphatic heterocycles. The lowest BCUT2D eigenvalue weighted by Crippen LogP contribution is -2.51. The second-order valence-electron chi connectivity index (χ2n) is 4.56. The first-order valence-corrected chi connectivity index (χ1v) is 5.30. The van der Waals surface area contributed by atoms with Crippen molar-refractivity contribution in [1.82, 2.24) is 5.32 Å². The Bertz CT molecular complexity index is 329. The van der Waals surface area contributed by atoms with Crippen molar-refractivity contribution < 1.29 is 24.9 Å². The minimum Gasteiger partial charge on any atom is -0.391 e. The van der Waals surface area contributed by atoms with Crippen molar-refractivity contribution >= 4 is 11.7 Å². The fourth-order valence-corrected chi connectivity index (χ4v) is 2.66. The Labute approximate surface area is 92.3 Å². The standard InChI is InChI=1S/C10H15NO5/c1-3(12)8-7-6(10(16)11-8)4(13)2-5(14)9(7)15/h3,5-9,12,14-15H,2H2,1H3,(H,11,16)/t3-,5-,6?,7-,8+,9+/m1/s1. The van der Waals surface area contributed by atoms with E-state index in [0.29, 0.717) is 0 Å². The molecule has 1 unspecified atom stereocenters. The van der Waals surface area contributed by atoms with Gasteiger partial charge in [-0.1, -0.05) is 0 Å². The second kappa shape index (κ2) is 3.80. The minimum atomic E-state index is -1.15. The normalized spacial score (nSPS) is 45.1. The summed E-state index contributed by atoms with van der Waals surface area (Å²) in [6.45, 7) is 1.48. The topological polar surface area (TPSA) is 107 Å². The van der Waals surface area contributed by atoms with Crippen LogP contribution in [0.15, 0.2) is 0 Å². The monoisotopic (exact) mass is 229 g/mol. The highest BCUT2D eigenvalue weighted by atomic mass is 16.3. The molecule has 1 aliphatic carbocycles. The van der Waals surface area contributed by atoms with Crippen LogP contribution in [0.2, 0.25) is 0 Å². The summed E-state index contributed by atoms with van der Waals surface area (Å²) in [5.41, 5.74) is 0. The largest absolute Gasteiger partial charge is 0.391 e. The number of fused-ring (bicyclic) bond motifs is 1. The lowest BCUT2D eigenvalue weighted by molar-refractivity contribution is -0.145. The zero-order chi connectivity index (χ0) is 12.0. The first kappa shape index (κ1) is 11.5. The van der Waals surface area contributed by atoms with E-state index in [1.807, 2.05) is 0 Å². The number of nitrogens with one attached hydrogen (secondary N) is 1. The summed E-state index contributed by atoms with van der Waals surface area (Å²) in [7, 11) is 0. The highest BCUT2D eigenvalue weighted by Gasteiger charge is 2.55. The van der Waals surface area contributed by atoms with Crippen LogP contribution in [0, 0.1) is 11.8 Å². The van der Waals surface area contributed by atoms with Gasteiger partial charge in [-0.2, -0.15) is 0 Å². The molecule has 2 rings (SSSR count). The zero-order valence-electron chi connectivity index (χ0n) is 8.83. The molecule has 6 atom stereocenters. The Morgan fingerprint density at radius 1 is 1.38 bits per heavy atom. The highest BCUT2D eigenvalue weighted by molar-refractivity contribution is 6.04. The number of carbonyl (C=O) groups excluding carboxylic acids is 2. The maximum atomic E-state index is 11.6. The molecular formula is C10H15NO5. The van der Waals surface area contributed by atoms with Gasteiger partial charge in [0.25, 0.3) is 0 Å². The van der Waals surface area contributed by atoms with Crippen LogP contribution in [0.5, 0.6) is 0 Å². The number of aliphatic hydroxyl groups is 3. The average Bonchev–Trinajstić information content (AvgIpc) is 2.53. The van der Waals surface area contributed by atoms with E-state index in [1.54, 1.807) is 0 Å². The van der Waals surface area contributed by atoms with Gasteiger partial charge >= 0.3 is 0 Å². The maximum absolute atomic E-state index is 11.6. The Kier molecular flexibility index (Phi) is 2.73. The van der Waals surface area contributed by atoms with Gasteiger partial charge in [-0.25, -0.2) is 0 Å². The average molecular weight is 229 g/mol. The number of carbonyl (C=O) groups is 2. The molecule has 4 N–H and O–H groups in total. The molecule has 90 valence electrons. The van der Waals surface area contributed by atoms with E-state index < -0.39 is 42.1 Å². The Hall–Kier alpha value is -0.980. The van der Waals surface area contributed by atoms with E-state index in [0.717, 1.165) is 0 Å². The summed E-state index contributed by atoms with van der Waals surface area (Å²) in [4.78, 5) is 23.1. The molecule has 1 saturated heterocycles. The van der Waals surface area contributed by atoms with Crippen LogP contribution in [0.25, 0.3) is 0 Å². The van der Waals surface area contributed by atoms with Crippen molar-refractivity contribution in [1.29, 1.82) is 0 Å². The van der Waals surface area contributed by atoms with Crippen LogP contribution >= 0.6 is 0 Å². The Balaban J connectivity index is 2.32. The van der Waals surface area contributed by atoms with E-state index in [-0.39, 0.29) is 12.2 Å². The van der Waals surface area contributed by atoms with Gasteiger partial charge in [-0.3, -0.25) is 9.59 Å². The van der Waals surface area contributed by atoms with E-state index >= 15 is 0 Å². The SMILES string of the molecule is C[C@@H](O)[C@@H]1NC(=O)C2C(=O)C[C@@H](O)[C@H](O)[C@H]21. The van der Waals surface area contributed by atoms with Gasteiger partial charge in [0.05, 0.1) is 24.4 Å². The third kappa shape index (κ3) is 1.53. The lowest BCUT2D eigenvalue weighted by Gasteiger charge is -2.35. The summed E-state index contributed by atoms with van der Waals surface area (Å²) < 4.78 is 0. The molecule has 0 aromatic rings.